The number of hydrogen-bond acceptors (Lipinski definition) is 6. The molecule has 0 fully saturated rings. The molecule has 11 heteroatoms. The van der Waals surface area contributed by atoms with Crippen molar-refractivity contribution >= 4 is 48.8 Å². The minimum Gasteiger partial charge on any atom is -0.360 e. The van der Waals surface area contributed by atoms with Crippen LogP contribution in [0.15, 0.2) is 88.8 Å². The van der Waals surface area contributed by atoms with E-state index in [0.717, 1.165) is 6.20 Å². The SMILES string of the molecule is NS(=O)(=O)c1ccc(NC=C2C(=O)c3ccccc3N(Cc3ccc(Cl)cc3)S2(=O)=O)cc1. The Kier molecular flexibility index (Phi) is 6.02. The molecule has 1 aliphatic heterocycles. The fraction of sp³-hybridized carbons (Fsp3) is 0.0455. The van der Waals surface area contributed by atoms with E-state index in [-0.39, 0.29) is 22.7 Å². The van der Waals surface area contributed by atoms with Crippen LogP contribution in [0.2, 0.25) is 5.02 Å². The largest absolute Gasteiger partial charge is 0.360 e. The zero-order valence-electron chi connectivity index (χ0n) is 17.0. The molecule has 3 aromatic carbocycles. The van der Waals surface area contributed by atoms with Gasteiger partial charge in [0.2, 0.25) is 15.8 Å². The molecule has 4 rings (SSSR count). The number of hydrogen-bond donors (Lipinski definition) is 2. The average Bonchev–Trinajstić information content (AvgIpc) is 2.77. The number of carbonyl (C=O) groups is 1. The second-order valence-corrected chi connectivity index (χ2v) is 11.0. The van der Waals surface area contributed by atoms with Crippen molar-refractivity contribution in [2.45, 2.75) is 11.4 Å². The zero-order chi connectivity index (χ0) is 23.8. The molecule has 0 radical (unpaired) electrons. The van der Waals surface area contributed by atoms with Gasteiger partial charge in [-0.05, 0) is 54.1 Å². The maximum absolute atomic E-state index is 13.4. The number of fused-ring (bicyclic) bond motifs is 1. The Morgan fingerprint density at radius 3 is 2.24 bits per heavy atom. The summed E-state index contributed by atoms with van der Waals surface area (Å²) in [6.45, 7) is 0.00416. The molecule has 33 heavy (non-hydrogen) atoms. The molecule has 3 N–H and O–H groups in total. The van der Waals surface area contributed by atoms with Gasteiger partial charge in [0.15, 0.2) is 4.91 Å². The highest BCUT2D eigenvalue weighted by atomic mass is 35.5. The predicted octanol–water partition coefficient (Wildman–Crippen LogP) is 3.47. The van der Waals surface area contributed by atoms with E-state index in [1.54, 1.807) is 48.5 Å². The summed E-state index contributed by atoms with van der Waals surface area (Å²) < 4.78 is 50.9. The first-order chi connectivity index (χ1) is 15.6. The van der Waals surface area contributed by atoms with Crippen molar-refractivity contribution in [2.75, 3.05) is 9.62 Å². The standard InChI is InChI=1S/C22H18ClN3O5S2/c23-16-7-5-15(6-8-16)14-26-20-4-2-1-3-19(20)22(27)21(33(26,30)31)13-25-17-9-11-18(12-10-17)32(24,28)29/h1-13,25H,14H2,(H2,24,28,29). The Hall–Kier alpha value is -3.18. The second-order valence-electron chi connectivity index (χ2n) is 7.21. The number of nitrogens with zero attached hydrogens (tertiary/aromatic N) is 1. The lowest BCUT2D eigenvalue weighted by molar-refractivity contribution is 0.104. The van der Waals surface area contributed by atoms with Crippen molar-refractivity contribution in [3.63, 3.8) is 0 Å². The van der Waals surface area contributed by atoms with Crippen LogP contribution in [-0.4, -0.2) is 22.6 Å². The lowest BCUT2D eigenvalue weighted by Gasteiger charge is -2.31. The molecule has 0 spiro atoms. The molecule has 1 heterocycles. The van der Waals surface area contributed by atoms with E-state index in [2.05, 4.69) is 5.32 Å². The van der Waals surface area contributed by atoms with Gasteiger partial charge in [-0.1, -0.05) is 35.9 Å². The van der Waals surface area contributed by atoms with Crippen LogP contribution in [0.1, 0.15) is 15.9 Å². The van der Waals surface area contributed by atoms with E-state index >= 15 is 0 Å². The van der Waals surface area contributed by atoms with Gasteiger partial charge < -0.3 is 5.32 Å². The summed E-state index contributed by atoms with van der Waals surface area (Å²) >= 11 is 5.93. The van der Waals surface area contributed by atoms with Gasteiger partial charge in [0.05, 0.1) is 17.1 Å². The van der Waals surface area contributed by atoms with Gasteiger partial charge in [-0.25, -0.2) is 22.0 Å². The van der Waals surface area contributed by atoms with Gasteiger partial charge in [0, 0.05) is 22.5 Å². The van der Waals surface area contributed by atoms with Crippen LogP contribution in [0.4, 0.5) is 11.4 Å². The third-order valence-corrected chi connectivity index (χ3v) is 7.95. The number of nitrogens with one attached hydrogen (secondary N) is 1. The van der Waals surface area contributed by atoms with Gasteiger partial charge in [-0.3, -0.25) is 9.10 Å². The number of primary sulfonamides is 1. The van der Waals surface area contributed by atoms with E-state index < -0.39 is 30.7 Å². The molecule has 8 nitrogen and oxygen atoms in total. The highest BCUT2D eigenvalue weighted by molar-refractivity contribution is 7.97. The van der Waals surface area contributed by atoms with Crippen molar-refractivity contribution in [1.82, 2.24) is 0 Å². The Labute approximate surface area is 196 Å². The van der Waals surface area contributed by atoms with Crippen molar-refractivity contribution in [3.8, 4) is 0 Å². The maximum atomic E-state index is 13.4. The Morgan fingerprint density at radius 2 is 1.61 bits per heavy atom. The molecule has 1 aliphatic rings. The normalized spacial score (nSPS) is 16.5. The van der Waals surface area contributed by atoms with Gasteiger partial charge in [0.1, 0.15) is 0 Å². The topological polar surface area (TPSA) is 127 Å². The highest BCUT2D eigenvalue weighted by Gasteiger charge is 2.40. The maximum Gasteiger partial charge on any atom is 0.270 e. The number of allylic oxidation sites excluding steroid dienone is 1. The van der Waals surface area contributed by atoms with Crippen LogP contribution in [0.3, 0.4) is 0 Å². The van der Waals surface area contributed by atoms with E-state index in [0.29, 0.717) is 16.3 Å². The second kappa shape index (κ2) is 8.64. The number of nitrogens with two attached hydrogens (primary N) is 1. The van der Waals surface area contributed by atoms with Crippen LogP contribution in [-0.2, 0) is 26.6 Å². The molecule has 3 aromatic rings. The minimum atomic E-state index is -4.20. The monoisotopic (exact) mass is 503 g/mol. The van der Waals surface area contributed by atoms with E-state index in [1.807, 2.05) is 0 Å². The van der Waals surface area contributed by atoms with Crippen molar-refractivity contribution in [2.24, 2.45) is 5.14 Å². The van der Waals surface area contributed by atoms with Crippen LogP contribution >= 0.6 is 11.6 Å². The number of Topliss-reactive ketones (excluding diaryl/α,β-unsaturated/α-hetero) is 1. The van der Waals surface area contributed by atoms with E-state index in [4.69, 9.17) is 16.7 Å². The molecule has 0 saturated carbocycles. The molecule has 0 aliphatic carbocycles. The first-order valence-electron chi connectivity index (χ1n) is 9.58. The van der Waals surface area contributed by atoms with Crippen molar-refractivity contribution in [3.05, 3.63) is 100 Å². The molecule has 0 aromatic heterocycles. The number of rotatable bonds is 5. The quantitative estimate of drug-likeness (QED) is 0.513. The number of carbonyl (C=O) groups excluding carboxylic acids is 1. The summed E-state index contributed by atoms with van der Waals surface area (Å²) in [6.07, 6.45) is 1.11. The first-order valence-corrected chi connectivity index (χ1v) is 12.9. The molecular formula is C22H18ClN3O5S2. The summed E-state index contributed by atoms with van der Waals surface area (Å²) in [5.41, 5.74) is 1.60. The Balaban J connectivity index is 1.72. The number of para-hydroxylation sites is 1. The van der Waals surface area contributed by atoms with E-state index in [9.17, 15) is 21.6 Å². The highest BCUT2D eigenvalue weighted by Crippen LogP contribution is 2.36. The molecule has 0 unspecified atom stereocenters. The van der Waals surface area contributed by atoms with Gasteiger partial charge in [0.25, 0.3) is 10.0 Å². The minimum absolute atomic E-state index is 0.00416. The third kappa shape index (κ3) is 4.64. The molecule has 170 valence electrons. The van der Waals surface area contributed by atoms with Crippen molar-refractivity contribution in [1.29, 1.82) is 0 Å². The van der Waals surface area contributed by atoms with Crippen LogP contribution in [0.25, 0.3) is 0 Å². The lowest BCUT2D eigenvalue weighted by atomic mass is 10.1. The molecule has 0 bridgehead atoms. The van der Waals surface area contributed by atoms with Gasteiger partial charge in [-0.2, -0.15) is 0 Å². The number of halogens is 1. The summed E-state index contributed by atoms with van der Waals surface area (Å²) in [6, 6.07) is 18.6. The summed E-state index contributed by atoms with van der Waals surface area (Å²) in [4.78, 5) is 12.5. The van der Waals surface area contributed by atoms with Crippen molar-refractivity contribution < 1.29 is 21.6 Å². The molecule has 0 atom stereocenters. The summed E-state index contributed by atoms with van der Waals surface area (Å²) in [5, 5.41) is 8.37. The fourth-order valence-corrected chi connectivity index (χ4v) is 5.50. The Morgan fingerprint density at radius 1 is 0.970 bits per heavy atom. The smallest absolute Gasteiger partial charge is 0.270 e. The van der Waals surface area contributed by atoms with Crippen LogP contribution in [0.5, 0.6) is 0 Å². The zero-order valence-corrected chi connectivity index (χ0v) is 19.4. The average molecular weight is 504 g/mol. The van der Waals surface area contributed by atoms with Gasteiger partial charge >= 0.3 is 0 Å². The number of sulfonamides is 2. The van der Waals surface area contributed by atoms with Crippen LogP contribution < -0.4 is 14.8 Å². The summed E-state index contributed by atoms with van der Waals surface area (Å²) in [7, 11) is -8.07. The molecule has 0 saturated heterocycles. The third-order valence-electron chi connectivity index (χ3n) is 5.00. The summed E-state index contributed by atoms with van der Waals surface area (Å²) in [5.74, 6) is -0.647. The molecule has 0 amide bonds. The number of benzene rings is 3. The molecular weight excluding hydrogens is 486 g/mol. The lowest BCUT2D eigenvalue weighted by Crippen LogP contribution is -2.39. The fourth-order valence-electron chi connectivity index (χ4n) is 3.34. The van der Waals surface area contributed by atoms with Crippen LogP contribution in [0, 0.1) is 0 Å². The van der Waals surface area contributed by atoms with Gasteiger partial charge in [-0.15, -0.1) is 0 Å². The number of ketones is 1. The Bertz CT molecular complexity index is 1470. The predicted molar refractivity (Wildman–Crippen MR) is 127 cm³/mol. The first kappa shape index (κ1) is 23.0. The number of anilines is 2. The van der Waals surface area contributed by atoms with E-state index in [1.165, 1.54) is 28.6 Å².